The fourth-order valence-electron chi connectivity index (χ4n) is 1.31. The Labute approximate surface area is 95.7 Å². The van der Waals surface area contributed by atoms with Gasteiger partial charge in [-0.05, 0) is 31.0 Å². The van der Waals surface area contributed by atoms with E-state index in [4.69, 9.17) is 16.1 Å². The molecule has 0 saturated carbocycles. The van der Waals surface area contributed by atoms with Crippen LogP contribution in [0, 0.1) is 17.2 Å². The van der Waals surface area contributed by atoms with Crippen LogP contribution in [-0.2, 0) is 0 Å². The first-order chi connectivity index (χ1) is 7.58. The summed E-state index contributed by atoms with van der Waals surface area (Å²) in [4.78, 5) is 0. The van der Waals surface area contributed by atoms with Gasteiger partial charge in [0, 0.05) is 12.6 Å². The number of nitrogens with one attached hydrogen (secondary N) is 1. The highest BCUT2D eigenvalue weighted by Crippen LogP contribution is 2.21. The van der Waals surface area contributed by atoms with E-state index in [1.165, 1.54) is 0 Å². The molecule has 0 fully saturated rings. The summed E-state index contributed by atoms with van der Waals surface area (Å²) in [5.41, 5.74) is 7.71. The summed E-state index contributed by atoms with van der Waals surface area (Å²) >= 11 is 0. The standard InChI is InChI=1S/C12H17N3O/c1-8(7-16)9(2)15-12-4-3-10(6-13)5-11(12)14/h3-5,8-9,15-16H,7,14H2,1-2H3. The van der Waals surface area contributed by atoms with Gasteiger partial charge in [0.05, 0.1) is 23.0 Å². The summed E-state index contributed by atoms with van der Waals surface area (Å²) in [6.45, 7) is 4.07. The van der Waals surface area contributed by atoms with Crippen LogP contribution >= 0.6 is 0 Å². The minimum absolute atomic E-state index is 0.125. The van der Waals surface area contributed by atoms with Gasteiger partial charge >= 0.3 is 0 Å². The van der Waals surface area contributed by atoms with Crippen LogP contribution in [0.15, 0.2) is 18.2 Å². The molecule has 0 spiro atoms. The highest BCUT2D eigenvalue weighted by molar-refractivity contribution is 5.68. The van der Waals surface area contributed by atoms with Crippen LogP contribution in [0.5, 0.6) is 0 Å². The fraction of sp³-hybridized carbons (Fsp3) is 0.417. The van der Waals surface area contributed by atoms with Crippen LogP contribution in [0.2, 0.25) is 0 Å². The molecule has 0 amide bonds. The van der Waals surface area contributed by atoms with Crippen LogP contribution in [0.1, 0.15) is 19.4 Å². The van der Waals surface area contributed by atoms with E-state index in [1.54, 1.807) is 18.2 Å². The molecule has 4 N–H and O–H groups in total. The Morgan fingerprint density at radius 2 is 2.19 bits per heavy atom. The minimum atomic E-state index is 0.125. The number of nitrogens with zero attached hydrogens (tertiary/aromatic N) is 1. The van der Waals surface area contributed by atoms with Crippen LogP contribution in [0.25, 0.3) is 0 Å². The van der Waals surface area contributed by atoms with E-state index in [9.17, 15) is 0 Å². The summed E-state index contributed by atoms with van der Waals surface area (Å²) < 4.78 is 0. The molecular formula is C12H17N3O. The predicted octanol–water partition coefficient (Wildman–Crippen LogP) is 1.57. The second-order valence-electron chi connectivity index (χ2n) is 4.01. The zero-order chi connectivity index (χ0) is 12.1. The lowest BCUT2D eigenvalue weighted by atomic mass is 10.0. The predicted molar refractivity (Wildman–Crippen MR) is 64.9 cm³/mol. The number of nitrogen functional groups attached to an aromatic ring is 1. The molecule has 0 heterocycles. The summed E-state index contributed by atoms with van der Waals surface area (Å²) in [6, 6.07) is 7.30. The second kappa shape index (κ2) is 5.38. The van der Waals surface area contributed by atoms with Gasteiger partial charge in [-0.25, -0.2) is 0 Å². The van der Waals surface area contributed by atoms with Gasteiger partial charge in [0.15, 0.2) is 0 Å². The number of hydrogen-bond acceptors (Lipinski definition) is 4. The number of hydrogen-bond donors (Lipinski definition) is 3. The van der Waals surface area contributed by atoms with Crippen LogP contribution in [-0.4, -0.2) is 17.8 Å². The lowest BCUT2D eigenvalue weighted by Gasteiger charge is -2.21. The van der Waals surface area contributed by atoms with Crippen molar-refractivity contribution in [1.29, 1.82) is 5.26 Å². The normalized spacial score (nSPS) is 13.9. The van der Waals surface area contributed by atoms with Crippen molar-refractivity contribution in [2.24, 2.45) is 5.92 Å². The molecule has 1 aromatic carbocycles. The zero-order valence-corrected chi connectivity index (χ0v) is 9.57. The van der Waals surface area contributed by atoms with E-state index >= 15 is 0 Å². The molecule has 0 aliphatic rings. The van der Waals surface area contributed by atoms with E-state index in [-0.39, 0.29) is 18.6 Å². The third-order valence-corrected chi connectivity index (χ3v) is 2.71. The molecule has 86 valence electrons. The molecule has 1 rings (SSSR count). The molecule has 2 atom stereocenters. The first-order valence-electron chi connectivity index (χ1n) is 5.25. The summed E-state index contributed by atoms with van der Waals surface area (Å²) in [5.74, 6) is 0.148. The average molecular weight is 219 g/mol. The fourth-order valence-corrected chi connectivity index (χ4v) is 1.31. The van der Waals surface area contributed by atoms with Crippen molar-refractivity contribution < 1.29 is 5.11 Å². The summed E-state index contributed by atoms with van der Waals surface area (Å²) in [6.07, 6.45) is 0. The van der Waals surface area contributed by atoms with Gasteiger partial charge in [-0.15, -0.1) is 0 Å². The number of rotatable bonds is 4. The van der Waals surface area contributed by atoms with Crippen molar-refractivity contribution in [1.82, 2.24) is 0 Å². The maximum Gasteiger partial charge on any atom is 0.0992 e. The van der Waals surface area contributed by atoms with Crippen molar-refractivity contribution in [3.05, 3.63) is 23.8 Å². The number of anilines is 2. The SMILES string of the molecule is CC(CO)C(C)Nc1ccc(C#N)cc1N. The van der Waals surface area contributed by atoms with Gasteiger partial charge in [0.25, 0.3) is 0 Å². The molecule has 2 unspecified atom stereocenters. The molecular weight excluding hydrogens is 202 g/mol. The topological polar surface area (TPSA) is 82.1 Å². The smallest absolute Gasteiger partial charge is 0.0992 e. The average Bonchev–Trinajstić information content (AvgIpc) is 2.30. The van der Waals surface area contributed by atoms with Gasteiger partial charge in [-0.1, -0.05) is 6.92 Å². The Morgan fingerprint density at radius 3 is 2.69 bits per heavy atom. The molecule has 0 bridgehead atoms. The Balaban J connectivity index is 2.79. The minimum Gasteiger partial charge on any atom is -0.397 e. The maximum atomic E-state index is 9.02. The van der Waals surface area contributed by atoms with Crippen LogP contribution < -0.4 is 11.1 Å². The number of aliphatic hydroxyl groups excluding tert-OH is 1. The molecule has 0 aromatic heterocycles. The van der Waals surface area contributed by atoms with E-state index in [1.807, 2.05) is 19.9 Å². The van der Waals surface area contributed by atoms with E-state index in [2.05, 4.69) is 5.32 Å². The number of aliphatic hydroxyl groups is 1. The van der Waals surface area contributed by atoms with Gasteiger partial charge in [-0.2, -0.15) is 5.26 Å². The lowest BCUT2D eigenvalue weighted by molar-refractivity contribution is 0.226. The largest absolute Gasteiger partial charge is 0.397 e. The third kappa shape index (κ3) is 2.88. The highest BCUT2D eigenvalue weighted by Gasteiger charge is 2.11. The highest BCUT2D eigenvalue weighted by atomic mass is 16.3. The lowest BCUT2D eigenvalue weighted by Crippen LogP contribution is -2.26. The van der Waals surface area contributed by atoms with Gasteiger partial charge in [0.2, 0.25) is 0 Å². The Morgan fingerprint density at radius 1 is 1.50 bits per heavy atom. The molecule has 1 aromatic rings. The van der Waals surface area contributed by atoms with Gasteiger partial charge in [0.1, 0.15) is 0 Å². The molecule has 4 nitrogen and oxygen atoms in total. The summed E-state index contributed by atoms with van der Waals surface area (Å²) in [5, 5.41) is 20.9. The third-order valence-electron chi connectivity index (χ3n) is 2.71. The van der Waals surface area contributed by atoms with Crippen LogP contribution in [0.4, 0.5) is 11.4 Å². The number of nitrogens with two attached hydrogens (primary N) is 1. The van der Waals surface area contributed by atoms with Crippen LogP contribution in [0.3, 0.4) is 0 Å². The van der Waals surface area contributed by atoms with Crippen molar-refractivity contribution in [3.8, 4) is 6.07 Å². The molecule has 4 heteroatoms. The first kappa shape index (κ1) is 12.3. The van der Waals surface area contributed by atoms with Gasteiger partial charge < -0.3 is 16.2 Å². The Hall–Kier alpha value is -1.73. The van der Waals surface area contributed by atoms with Crippen molar-refractivity contribution in [3.63, 3.8) is 0 Å². The number of nitriles is 1. The van der Waals surface area contributed by atoms with Crippen molar-refractivity contribution in [2.45, 2.75) is 19.9 Å². The zero-order valence-electron chi connectivity index (χ0n) is 9.57. The maximum absolute atomic E-state index is 9.02. The Kier molecular flexibility index (Phi) is 4.15. The molecule has 0 radical (unpaired) electrons. The second-order valence-corrected chi connectivity index (χ2v) is 4.01. The molecule has 0 aliphatic carbocycles. The van der Waals surface area contributed by atoms with E-state index in [0.717, 1.165) is 5.69 Å². The monoisotopic (exact) mass is 219 g/mol. The van der Waals surface area contributed by atoms with Gasteiger partial charge in [-0.3, -0.25) is 0 Å². The summed E-state index contributed by atoms with van der Waals surface area (Å²) in [7, 11) is 0. The molecule has 0 saturated heterocycles. The van der Waals surface area contributed by atoms with Crippen molar-refractivity contribution in [2.75, 3.05) is 17.7 Å². The molecule has 0 aliphatic heterocycles. The van der Waals surface area contributed by atoms with E-state index < -0.39 is 0 Å². The van der Waals surface area contributed by atoms with Crippen molar-refractivity contribution >= 4 is 11.4 Å². The first-order valence-corrected chi connectivity index (χ1v) is 5.25. The Bertz CT molecular complexity index is 398. The quantitative estimate of drug-likeness (QED) is 0.671. The van der Waals surface area contributed by atoms with E-state index in [0.29, 0.717) is 11.3 Å². The molecule has 16 heavy (non-hydrogen) atoms. The number of benzene rings is 1.